The van der Waals surface area contributed by atoms with E-state index in [1.54, 1.807) is 30.3 Å². The molecule has 23 heavy (non-hydrogen) atoms. The average Bonchev–Trinajstić information content (AvgIpc) is 2.53. The quantitative estimate of drug-likeness (QED) is 0.757. The number of ether oxygens (including phenoxy) is 1. The Hall–Kier alpha value is -2.06. The zero-order chi connectivity index (χ0) is 17.0. The molecule has 0 aliphatic rings. The van der Waals surface area contributed by atoms with Gasteiger partial charge in [-0.3, -0.25) is 0 Å². The van der Waals surface area contributed by atoms with E-state index in [1.165, 1.54) is 7.05 Å². The fourth-order valence-electron chi connectivity index (χ4n) is 1.80. The molecule has 0 aliphatic heterocycles. The van der Waals surface area contributed by atoms with Crippen LogP contribution in [0.2, 0.25) is 0 Å². The van der Waals surface area contributed by atoms with Crippen LogP contribution < -0.4 is 4.74 Å². The molecule has 0 aromatic heterocycles. The van der Waals surface area contributed by atoms with Gasteiger partial charge in [0.2, 0.25) is 10.0 Å². The van der Waals surface area contributed by atoms with Crippen molar-refractivity contribution in [3.8, 4) is 5.75 Å². The topological polar surface area (TPSA) is 46.6 Å². The molecule has 0 bridgehead atoms. The van der Waals surface area contributed by atoms with E-state index in [2.05, 4.69) is 0 Å². The second kappa shape index (κ2) is 7.01. The van der Waals surface area contributed by atoms with E-state index in [0.29, 0.717) is 17.9 Å². The first-order valence-corrected chi connectivity index (χ1v) is 8.05. The van der Waals surface area contributed by atoms with Crippen molar-refractivity contribution in [1.29, 1.82) is 0 Å². The van der Waals surface area contributed by atoms with Crippen LogP contribution in [0, 0.1) is 17.5 Å². The molecule has 0 aliphatic carbocycles. The smallest absolute Gasteiger partial charge is 0.245 e. The van der Waals surface area contributed by atoms with Crippen molar-refractivity contribution in [1.82, 2.24) is 4.31 Å². The Kier molecular flexibility index (Phi) is 5.27. The van der Waals surface area contributed by atoms with E-state index >= 15 is 0 Å². The zero-order valence-corrected chi connectivity index (χ0v) is 13.0. The van der Waals surface area contributed by atoms with Gasteiger partial charge in [0.15, 0.2) is 17.5 Å². The summed E-state index contributed by atoms with van der Waals surface area (Å²) in [4.78, 5) is -0.918. The first-order valence-electron chi connectivity index (χ1n) is 6.61. The summed E-state index contributed by atoms with van der Waals surface area (Å²) in [6, 6.07) is 9.97. The molecule has 0 spiro atoms. The van der Waals surface area contributed by atoms with Crippen molar-refractivity contribution in [3.05, 3.63) is 59.9 Å². The highest BCUT2D eigenvalue weighted by Gasteiger charge is 2.27. The Bertz CT molecular complexity index is 782. The second-order valence-electron chi connectivity index (χ2n) is 4.66. The Labute approximate surface area is 132 Å². The fraction of sp³-hybridized carbons (Fsp3) is 0.200. The molecule has 0 N–H and O–H groups in total. The molecule has 0 fully saturated rings. The number of benzene rings is 2. The largest absolute Gasteiger partial charge is 0.492 e. The van der Waals surface area contributed by atoms with Crippen LogP contribution in [0.3, 0.4) is 0 Å². The number of rotatable bonds is 6. The van der Waals surface area contributed by atoms with E-state index in [9.17, 15) is 21.6 Å². The normalized spacial score (nSPS) is 11.7. The Morgan fingerprint density at radius 2 is 1.65 bits per heavy atom. The molecule has 0 saturated carbocycles. The van der Waals surface area contributed by atoms with E-state index in [0.717, 1.165) is 4.31 Å². The van der Waals surface area contributed by atoms with E-state index < -0.39 is 32.4 Å². The summed E-state index contributed by atoms with van der Waals surface area (Å²) < 4.78 is 70.3. The van der Waals surface area contributed by atoms with Crippen LogP contribution in [0.15, 0.2) is 47.4 Å². The molecule has 4 nitrogen and oxygen atoms in total. The highest BCUT2D eigenvalue weighted by molar-refractivity contribution is 7.89. The predicted molar refractivity (Wildman–Crippen MR) is 78.1 cm³/mol. The van der Waals surface area contributed by atoms with Gasteiger partial charge in [-0.25, -0.2) is 21.6 Å². The van der Waals surface area contributed by atoms with Gasteiger partial charge >= 0.3 is 0 Å². The number of hydrogen-bond acceptors (Lipinski definition) is 3. The minimum atomic E-state index is -4.29. The van der Waals surface area contributed by atoms with E-state index in [4.69, 9.17) is 4.74 Å². The first kappa shape index (κ1) is 17.3. The Balaban J connectivity index is 2.09. The fourth-order valence-corrected chi connectivity index (χ4v) is 3.01. The minimum absolute atomic E-state index is 0.0189. The lowest BCUT2D eigenvalue weighted by Crippen LogP contribution is -2.31. The van der Waals surface area contributed by atoms with Crippen molar-refractivity contribution in [2.75, 3.05) is 20.2 Å². The molecule has 2 rings (SSSR count). The lowest BCUT2D eigenvalue weighted by Gasteiger charge is -2.18. The molecular formula is C15H14F3NO3S. The summed E-state index contributed by atoms with van der Waals surface area (Å²) >= 11 is 0. The van der Waals surface area contributed by atoms with Gasteiger partial charge in [0.05, 0.1) is 0 Å². The number of halogens is 3. The number of hydrogen-bond donors (Lipinski definition) is 0. The van der Waals surface area contributed by atoms with Crippen LogP contribution in [-0.2, 0) is 10.0 Å². The summed E-state index contributed by atoms with van der Waals surface area (Å²) in [5.41, 5.74) is 0. The second-order valence-corrected chi connectivity index (χ2v) is 6.67. The summed E-state index contributed by atoms with van der Waals surface area (Å²) in [7, 11) is -3.09. The van der Waals surface area contributed by atoms with Crippen LogP contribution in [-0.4, -0.2) is 32.9 Å². The van der Waals surface area contributed by atoms with Gasteiger partial charge in [0, 0.05) is 13.6 Å². The zero-order valence-electron chi connectivity index (χ0n) is 12.2. The van der Waals surface area contributed by atoms with Crippen LogP contribution in [0.1, 0.15) is 0 Å². The van der Waals surface area contributed by atoms with Gasteiger partial charge in [-0.2, -0.15) is 4.31 Å². The molecular weight excluding hydrogens is 331 g/mol. The maximum absolute atomic E-state index is 13.7. The average molecular weight is 345 g/mol. The Morgan fingerprint density at radius 1 is 1.00 bits per heavy atom. The van der Waals surface area contributed by atoms with Crippen molar-refractivity contribution in [2.24, 2.45) is 0 Å². The van der Waals surface area contributed by atoms with Gasteiger partial charge in [-0.15, -0.1) is 0 Å². The third kappa shape index (κ3) is 3.83. The molecule has 0 saturated heterocycles. The highest BCUT2D eigenvalue weighted by Crippen LogP contribution is 2.22. The maximum atomic E-state index is 13.7. The van der Waals surface area contributed by atoms with Crippen LogP contribution in [0.4, 0.5) is 13.2 Å². The molecule has 124 valence electrons. The third-order valence-electron chi connectivity index (χ3n) is 3.11. The van der Waals surface area contributed by atoms with Crippen molar-refractivity contribution >= 4 is 10.0 Å². The molecule has 0 amide bonds. The SMILES string of the molecule is CN(CCOc1ccccc1)S(=O)(=O)c1ccc(F)c(F)c1F. The van der Waals surface area contributed by atoms with Crippen molar-refractivity contribution < 1.29 is 26.3 Å². The molecule has 0 unspecified atom stereocenters. The van der Waals surface area contributed by atoms with Gasteiger partial charge in [0.1, 0.15) is 17.3 Å². The lowest BCUT2D eigenvalue weighted by atomic mass is 10.3. The third-order valence-corrected chi connectivity index (χ3v) is 4.98. The molecule has 0 atom stereocenters. The van der Waals surface area contributed by atoms with E-state index in [-0.39, 0.29) is 13.2 Å². The van der Waals surface area contributed by atoms with Gasteiger partial charge in [-0.05, 0) is 24.3 Å². The molecule has 0 radical (unpaired) electrons. The van der Waals surface area contributed by atoms with E-state index in [1.807, 2.05) is 0 Å². The molecule has 8 heteroatoms. The lowest BCUT2D eigenvalue weighted by molar-refractivity contribution is 0.286. The van der Waals surface area contributed by atoms with Crippen LogP contribution in [0.5, 0.6) is 5.75 Å². The summed E-state index contributed by atoms with van der Waals surface area (Å²) in [5, 5.41) is 0. The van der Waals surface area contributed by atoms with Gasteiger partial charge in [-0.1, -0.05) is 18.2 Å². The monoisotopic (exact) mass is 345 g/mol. The summed E-state index contributed by atoms with van der Waals surface area (Å²) in [6.07, 6.45) is 0. The van der Waals surface area contributed by atoms with Gasteiger partial charge < -0.3 is 4.74 Å². The Morgan fingerprint density at radius 3 is 2.30 bits per heavy atom. The standard InChI is InChI=1S/C15H14F3NO3S/c1-19(9-10-22-11-5-3-2-4-6-11)23(20,21)13-8-7-12(16)14(17)15(13)18/h2-8H,9-10H2,1H3. The maximum Gasteiger partial charge on any atom is 0.245 e. The number of nitrogens with zero attached hydrogens (tertiary/aromatic N) is 1. The number of likely N-dealkylation sites (N-methyl/N-ethyl adjacent to an activating group) is 1. The van der Waals surface area contributed by atoms with Crippen molar-refractivity contribution in [3.63, 3.8) is 0 Å². The van der Waals surface area contributed by atoms with Crippen LogP contribution >= 0.6 is 0 Å². The first-order chi connectivity index (χ1) is 10.8. The van der Waals surface area contributed by atoms with Crippen molar-refractivity contribution in [2.45, 2.75) is 4.90 Å². The highest BCUT2D eigenvalue weighted by atomic mass is 32.2. The number of para-hydroxylation sites is 1. The van der Waals surface area contributed by atoms with Crippen LogP contribution in [0.25, 0.3) is 0 Å². The number of sulfonamides is 1. The van der Waals surface area contributed by atoms with Gasteiger partial charge in [0.25, 0.3) is 0 Å². The molecule has 2 aromatic carbocycles. The summed E-state index contributed by atoms with van der Waals surface area (Å²) in [6.45, 7) is -0.0687. The minimum Gasteiger partial charge on any atom is -0.492 e. The summed E-state index contributed by atoms with van der Waals surface area (Å²) in [5.74, 6) is -4.45. The molecule has 0 heterocycles. The molecule has 2 aromatic rings. The predicted octanol–water partition coefficient (Wildman–Crippen LogP) is 2.80.